The molecule has 0 radical (unpaired) electrons. The topological polar surface area (TPSA) is 68.0 Å². The molecule has 1 aliphatic rings. The first-order valence-electron chi connectivity index (χ1n) is 5.89. The summed E-state index contributed by atoms with van der Waals surface area (Å²) in [6, 6.07) is 3.83. The number of amides is 1. The third-order valence-electron chi connectivity index (χ3n) is 2.82. The van der Waals surface area contributed by atoms with Gasteiger partial charge >= 0.3 is 0 Å². The van der Waals surface area contributed by atoms with Gasteiger partial charge in [-0.3, -0.25) is 9.78 Å². The second-order valence-corrected chi connectivity index (χ2v) is 4.31. The number of nitrogen functional groups attached to an aromatic ring is 1. The van der Waals surface area contributed by atoms with Crippen LogP contribution in [-0.2, 0) is 11.2 Å². The first-order chi connectivity index (χ1) is 8.24. The van der Waals surface area contributed by atoms with E-state index in [1.165, 1.54) is 0 Å². The third-order valence-corrected chi connectivity index (χ3v) is 2.82. The highest BCUT2D eigenvalue weighted by Gasteiger charge is 2.13. The van der Waals surface area contributed by atoms with Gasteiger partial charge in [-0.15, -0.1) is 0 Å². The zero-order valence-corrected chi connectivity index (χ0v) is 9.73. The quantitative estimate of drug-likeness (QED) is 0.773. The van der Waals surface area contributed by atoms with Crippen molar-refractivity contribution in [2.75, 3.05) is 5.73 Å². The molecule has 17 heavy (non-hydrogen) atoms. The second-order valence-electron chi connectivity index (χ2n) is 4.31. The van der Waals surface area contributed by atoms with Gasteiger partial charge in [-0.25, -0.2) is 0 Å². The molecule has 0 fully saturated rings. The Morgan fingerprint density at radius 1 is 1.47 bits per heavy atom. The summed E-state index contributed by atoms with van der Waals surface area (Å²) < 4.78 is 0. The molecule has 0 saturated carbocycles. The minimum atomic E-state index is 0.0302. The van der Waals surface area contributed by atoms with Crippen LogP contribution in [0.5, 0.6) is 0 Å². The number of hydrogen-bond acceptors (Lipinski definition) is 3. The largest absolute Gasteiger partial charge is 0.397 e. The lowest BCUT2D eigenvalue weighted by Crippen LogP contribution is -2.36. The Bertz CT molecular complexity index is 411. The van der Waals surface area contributed by atoms with Gasteiger partial charge in [0, 0.05) is 11.7 Å². The maximum Gasteiger partial charge on any atom is 0.226 e. The van der Waals surface area contributed by atoms with Crippen molar-refractivity contribution in [2.24, 2.45) is 0 Å². The number of nitrogens with one attached hydrogen (secondary N) is 1. The van der Waals surface area contributed by atoms with Gasteiger partial charge < -0.3 is 11.1 Å². The summed E-state index contributed by atoms with van der Waals surface area (Å²) in [5.41, 5.74) is 6.91. The number of hydrogen-bond donors (Lipinski definition) is 2. The Morgan fingerprint density at radius 2 is 2.35 bits per heavy atom. The van der Waals surface area contributed by atoms with Gasteiger partial charge in [0.15, 0.2) is 0 Å². The lowest BCUT2D eigenvalue weighted by molar-refractivity contribution is -0.121. The van der Waals surface area contributed by atoms with E-state index in [0.717, 1.165) is 25.0 Å². The molecule has 1 aliphatic carbocycles. The van der Waals surface area contributed by atoms with Gasteiger partial charge in [-0.05, 0) is 31.4 Å². The van der Waals surface area contributed by atoms with Crippen LogP contribution in [0, 0.1) is 0 Å². The molecule has 4 nitrogen and oxygen atoms in total. The maximum absolute atomic E-state index is 11.8. The molecule has 1 aromatic heterocycles. The van der Waals surface area contributed by atoms with Crippen molar-refractivity contribution < 1.29 is 4.79 Å². The SMILES string of the molecule is Nc1ccc(CC(=O)NC2CC=CCC2)nc1. The lowest BCUT2D eigenvalue weighted by Gasteiger charge is -2.19. The fourth-order valence-corrected chi connectivity index (χ4v) is 1.91. The number of pyridine rings is 1. The van der Waals surface area contributed by atoms with Crippen LogP contribution >= 0.6 is 0 Å². The minimum Gasteiger partial charge on any atom is -0.397 e. The highest BCUT2D eigenvalue weighted by molar-refractivity contribution is 5.78. The summed E-state index contributed by atoms with van der Waals surface area (Å²) in [7, 11) is 0. The number of carbonyl (C=O) groups is 1. The van der Waals surface area contributed by atoms with Crippen LogP contribution in [0.1, 0.15) is 25.0 Å². The molecule has 0 aromatic carbocycles. The third kappa shape index (κ3) is 3.59. The van der Waals surface area contributed by atoms with E-state index in [-0.39, 0.29) is 11.9 Å². The average molecular weight is 231 g/mol. The molecule has 2 rings (SSSR count). The minimum absolute atomic E-state index is 0.0302. The van der Waals surface area contributed by atoms with Gasteiger partial charge in [0.05, 0.1) is 18.3 Å². The fraction of sp³-hybridized carbons (Fsp3) is 0.385. The van der Waals surface area contributed by atoms with Gasteiger partial charge in [0.25, 0.3) is 0 Å². The van der Waals surface area contributed by atoms with Gasteiger partial charge in [-0.1, -0.05) is 12.2 Å². The molecule has 0 bridgehead atoms. The van der Waals surface area contributed by atoms with E-state index in [1.54, 1.807) is 18.3 Å². The van der Waals surface area contributed by atoms with E-state index >= 15 is 0 Å². The Morgan fingerprint density at radius 3 is 3.00 bits per heavy atom. The molecule has 3 N–H and O–H groups in total. The van der Waals surface area contributed by atoms with Crippen molar-refractivity contribution in [3.8, 4) is 0 Å². The Hall–Kier alpha value is -1.84. The number of rotatable bonds is 3. The number of anilines is 1. The fourth-order valence-electron chi connectivity index (χ4n) is 1.91. The molecule has 0 saturated heterocycles. The number of aromatic nitrogens is 1. The molecular weight excluding hydrogens is 214 g/mol. The van der Waals surface area contributed by atoms with Crippen molar-refractivity contribution in [3.05, 3.63) is 36.2 Å². The van der Waals surface area contributed by atoms with E-state index in [0.29, 0.717) is 12.1 Å². The maximum atomic E-state index is 11.8. The second kappa shape index (κ2) is 5.48. The van der Waals surface area contributed by atoms with Gasteiger partial charge in [0.1, 0.15) is 0 Å². The Labute approximate surface area is 101 Å². The molecule has 0 spiro atoms. The van der Waals surface area contributed by atoms with Crippen LogP contribution in [0.4, 0.5) is 5.69 Å². The first kappa shape index (κ1) is 11.6. The van der Waals surface area contributed by atoms with Crippen LogP contribution < -0.4 is 11.1 Å². The van der Waals surface area contributed by atoms with Crippen molar-refractivity contribution in [1.82, 2.24) is 10.3 Å². The van der Waals surface area contributed by atoms with E-state index in [1.807, 2.05) is 0 Å². The number of nitrogens with two attached hydrogens (primary N) is 1. The molecule has 1 atom stereocenters. The molecule has 1 heterocycles. The molecule has 0 aliphatic heterocycles. The highest BCUT2D eigenvalue weighted by Crippen LogP contribution is 2.10. The highest BCUT2D eigenvalue weighted by atomic mass is 16.1. The van der Waals surface area contributed by atoms with Crippen molar-refractivity contribution in [3.63, 3.8) is 0 Å². The lowest BCUT2D eigenvalue weighted by atomic mass is 10.0. The van der Waals surface area contributed by atoms with Crippen molar-refractivity contribution in [2.45, 2.75) is 31.7 Å². The van der Waals surface area contributed by atoms with Crippen LogP contribution in [0.3, 0.4) is 0 Å². The standard InChI is InChI=1S/C13H17N3O/c14-10-6-7-12(15-9-10)8-13(17)16-11-4-2-1-3-5-11/h1-2,6-7,9,11H,3-5,8,14H2,(H,16,17). The van der Waals surface area contributed by atoms with E-state index in [2.05, 4.69) is 22.5 Å². The van der Waals surface area contributed by atoms with E-state index < -0.39 is 0 Å². The van der Waals surface area contributed by atoms with Crippen LogP contribution in [0.25, 0.3) is 0 Å². The molecule has 90 valence electrons. The molecule has 1 amide bonds. The van der Waals surface area contributed by atoms with Crippen LogP contribution in [-0.4, -0.2) is 16.9 Å². The predicted octanol–water partition coefficient (Wildman–Crippen LogP) is 1.43. The van der Waals surface area contributed by atoms with Crippen LogP contribution in [0.2, 0.25) is 0 Å². The zero-order valence-electron chi connectivity index (χ0n) is 9.73. The smallest absolute Gasteiger partial charge is 0.226 e. The molecule has 4 heteroatoms. The molecule has 1 aromatic rings. The monoisotopic (exact) mass is 231 g/mol. The molecule has 1 unspecified atom stereocenters. The zero-order chi connectivity index (χ0) is 12.1. The van der Waals surface area contributed by atoms with E-state index in [9.17, 15) is 4.79 Å². The summed E-state index contributed by atoms with van der Waals surface area (Å²) in [4.78, 5) is 15.9. The van der Waals surface area contributed by atoms with Crippen LogP contribution in [0.15, 0.2) is 30.5 Å². The number of carbonyl (C=O) groups excluding carboxylic acids is 1. The summed E-state index contributed by atoms with van der Waals surface area (Å²) in [5, 5.41) is 3.02. The number of nitrogens with zero attached hydrogens (tertiary/aromatic N) is 1. The number of allylic oxidation sites excluding steroid dienone is 1. The van der Waals surface area contributed by atoms with Gasteiger partial charge in [-0.2, -0.15) is 0 Å². The predicted molar refractivity (Wildman–Crippen MR) is 67.3 cm³/mol. The summed E-state index contributed by atoms with van der Waals surface area (Å²) in [6.07, 6.45) is 9.18. The average Bonchev–Trinajstić information content (AvgIpc) is 2.33. The summed E-state index contributed by atoms with van der Waals surface area (Å²) in [6.45, 7) is 0. The van der Waals surface area contributed by atoms with E-state index in [4.69, 9.17) is 5.73 Å². The summed E-state index contributed by atoms with van der Waals surface area (Å²) in [5.74, 6) is 0.0302. The first-order valence-corrected chi connectivity index (χ1v) is 5.89. The molecular formula is C13H17N3O. The Kier molecular flexibility index (Phi) is 3.75. The van der Waals surface area contributed by atoms with Crippen molar-refractivity contribution in [1.29, 1.82) is 0 Å². The normalized spacial score (nSPS) is 18.9. The Balaban J connectivity index is 1.84. The van der Waals surface area contributed by atoms with Gasteiger partial charge in [0.2, 0.25) is 5.91 Å². The van der Waals surface area contributed by atoms with Crippen molar-refractivity contribution >= 4 is 11.6 Å². The summed E-state index contributed by atoms with van der Waals surface area (Å²) >= 11 is 0.